The zero-order valence-electron chi connectivity index (χ0n) is 10.6. The number of hydrazone groups is 1. The van der Waals surface area contributed by atoms with Crippen molar-refractivity contribution in [3.05, 3.63) is 0 Å². The number of carbonyl (C=O) groups is 3. The lowest BCUT2D eigenvalue weighted by Crippen LogP contribution is -2.48. The first-order chi connectivity index (χ1) is 8.54. The summed E-state index contributed by atoms with van der Waals surface area (Å²) < 4.78 is 0. The molecule has 0 fully saturated rings. The van der Waals surface area contributed by atoms with Crippen molar-refractivity contribution in [3.8, 4) is 0 Å². The Bertz CT molecular complexity index is 378. The van der Waals surface area contributed by atoms with E-state index in [0.717, 1.165) is 6.42 Å². The van der Waals surface area contributed by atoms with Crippen molar-refractivity contribution in [2.24, 2.45) is 5.10 Å². The van der Waals surface area contributed by atoms with E-state index in [2.05, 4.69) is 21.2 Å². The van der Waals surface area contributed by atoms with Crippen LogP contribution in [0, 0.1) is 0 Å². The van der Waals surface area contributed by atoms with Crippen LogP contribution in [0.1, 0.15) is 33.1 Å². The Morgan fingerprint density at radius 2 is 2.17 bits per heavy atom. The van der Waals surface area contributed by atoms with E-state index in [-0.39, 0.29) is 23.9 Å². The van der Waals surface area contributed by atoms with Crippen LogP contribution >= 0.6 is 0 Å². The first-order valence-electron chi connectivity index (χ1n) is 5.98. The number of rotatable bonds is 5. The third-order valence-electron chi connectivity index (χ3n) is 2.46. The molecule has 3 N–H and O–H groups in total. The topological polar surface area (TPSA) is 99.7 Å². The van der Waals surface area contributed by atoms with Crippen LogP contribution < -0.4 is 16.1 Å². The highest BCUT2D eigenvalue weighted by atomic mass is 16.2. The molecule has 1 aliphatic heterocycles. The molecule has 7 heteroatoms. The molecule has 1 aliphatic rings. The summed E-state index contributed by atoms with van der Waals surface area (Å²) in [6.07, 6.45) is 1.37. The monoisotopic (exact) mass is 254 g/mol. The normalized spacial score (nSPS) is 16.3. The maximum Gasteiger partial charge on any atom is 0.268 e. The van der Waals surface area contributed by atoms with Crippen molar-refractivity contribution in [1.82, 2.24) is 16.1 Å². The van der Waals surface area contributed by atoms with Crippen LogP contribution in [0.25, 0.3) is 0 Å². The van der Waals surface area contributed by atoms with Crippen molar-refractivity contribution in [2.75, 3.05) is 6.54 Å². The predicted octanol–water partition coefficient (Wildman–Crippen LogP) is -0.717. The molecule has 0 aliphatic carbocycles. The fourth-order valence-electron chi connectivity index (χ4n) is 1.38. The van der Waals surface area contributed by atoms with Crippen molar-refractivity contribution in [1.29, 1.82) is 0 Å². The lowest BCUT2D eigenvalue weighted by Gasteiger charge is -2.16. The molecule has 18 heavy (non-hydrogen) atoms. The molecular formula is C11H18N4O3. The number of nitrogens with one attached hydrogen (secondary N) is 3. The van der Waals surface area contributed by atoms with Gasteiger partial charge in [-0.3, -0.25) is 14.4 Å². The average molecular weight is 254 g/mol. The van der Waals surface area contributed by atoms with Gasteiger partial charge in [-0.1, -0.05) is 6.92 Å². The molecule has 1 rings (SSSR count). The molecule has 0 aromatic heterocycles. The van der Waals surface area contributed by atoms with E-state index in [9.17, 15) is 14.4 Å². The maximum absolute atomic E-state index is 11.7. The zero-order valence-corrected chi connectivity index (χ0v) is 10.6. The summed E-state index contributed by atoms with van der Waals surface area (Å²) in [4.78, 5) is 34.1. The molecule has 1 heterocycles. The summed E-state index contributed by atoms with van der Waals surface area (Å²) in [5, 5.41) is 8.88. The van der Waals surface area contributed by atoms with Gasteiger partial charge in [-0.15, -0.1) is 0 Å². The van der Waals surface area contributed by atoms with Gasteiger partial charge in [-0.05, 0) is 13.3 Å². The SMILES string of the molecule is CCCNC(=O)C(C)NC(=O)C1=NNC(=O)CC1. The highest BCUT2D eigenvalue weighted by Gasteiger charge is 2.21. The Morgan fingerprint density at radius 1 is 1.44 bits per heavy atom. The zero-order chi connectivity index (χ0) is 13.5. The molecule has 1 atom stereocenters. The summed E-state index contributed by atoms with van der Waals surface area (Å²) in [7, 11) is 0. The largest absolute Gasteiger partial charge is 0.354 e. The van der Waals surface area contributed by atoms with E-state index in [1.807, 2.05) is 6.92 Å². The van der Waals surface area contributed by atoms with Crippen molar-refractivity contribution < 1.29 is 14.4 Å². The molecule has 3 amide bonds. The van der Waals surface area contributed by atoms with Crippen LogP contribution in [-0.2, 0) is 14.4 Å². The van der Waals surface area contributed by atoms with Crippen molar-refractivity contribution >= 4 is 23.4 Å². The lowest BCUT2D eigenvalue weighted by atomic mass is 10.1. The minimum Gasteiger partial charge on any atom is -0.354 e. The van der Waals surface area contributed by atoms with Gasteiger partial charge in [0.2, 0.25) is 11.8 Å². The predicted molar refractivity (Wildman–Crippen MR) is 65.7 cm³/mol. The van der Waals surface area contributed by atoms with E-state index in [1.165, 1.54) is 0 Å². The molecule has 0 aromatic carbocycles. The van der Waals surface area contributed by atoms with Gasteiger partial charge in [0.1, 0.15) is 11.8 Å². The molecule has 1 unspecified atom stereocenters. The highest BCUT2D eigenvalue weighted by molar-refractivity contribution is 6.39. The smallest absolute Gasteiger partial charge is 0.268 e. The first-order valence-corrected chi connectivity index (χ1v) is 5.98. The maximum atomic E-state index is 11.7. The van der Waals surface area contributed by atoms with Gasteiger partial charge in [0.25, 0.3) is 5.91 Å². The number of nitrogens with zero attached hydrogens (tertiary/aromatic N) is 1. The Hall–Kier alpha value is -1.92. The fraction of sp³-hybridized carbons (Fsp3) is 0.636. The minimum absolute atomic E-state index is 0.208. The molecule has 0 bridgehead atoms. The van der Waals surface area contributed by atoms with Crippen LogP contribution in [0.3, 0.4) is 0 Å². The standard InChI is InChI=1S/C11H18N4O3/c1-3-6-12-10(17)7(2)13-11(18)8-4-5-9(16)15-14-8/h7H,3-6H2,1-2H3,(H,12,17)(H,13,18)(H,15,16). The second-order valence-electron chi connectivity index (χ2n) is 4.08. The van der Waals surface area contributed by atoms with Crippen LogP contribution in [0.2, 0.25) is 0 Å². The highest BCUT2D eigenvalue weighted by Crippen LogP contribution is 2.00. The van der Waals surface area contributed by atoms with E-state index >= 15 is 0 Å². The number of carbonyl (C=O) groups excluding carboxylic acids is 3. The molecule has 100 valence electrons. The van der Waals surface area contributed by atoms with E-state index in [4.69, 9.17) is 0 Å². The number of hydrogen-bond donors (Lipinski definition) is 3. The quantitative estimate of drug-likeness (QED) is 0.604. The van der Waals surface area contributed by atoms with Gasteiger partial charge >= 0.3 is 0 Å². The Labute approximate surface area is 105 Å². The van der Waals surface area contributed by atoms with Crippen molar-refractivity contribution in [3.63, 3.8) is 0 Å². The Balaban J connectivity index is 2.44. The van der Waals surface area contributed by atoms with Crippen molar-refractivity contribution in [2.45, 2.75) is 39.2 Å². The number of hydrogen-bond acceptors (Lipinski definition) is 4. The second kappa shape index (κ2) is 6.73. The molecule has 0 saturated carbocycles. The summed E-state index contributed by atoms with van der Waals surface area (Å²) >= 11 is 0. The third kappa shape index (κ3) is 4.15. The molecule has 7 nitrogen and oxygen atoms in total. The van der Waals surface area contributed by atoms with Crippen LogP contribution in [0.5, 0.6) is 0 Å². The number of amides is 3. The van der Waals surface area contributed by atoms with E-state index < -0.39 is 11.9 Å². The first kappa shape index (κ1) is 14.1. The summed E-state index contributed by atoms with van der Waals surface area (Å²) in [6.45, 7) is 4.13. The van der Waals surface area contributed by atoms with Gasteiger partial charge < -0.3 is 10.6 Å². The molecule has 0 aromatic rings. The van der Waals surface area contributed by atoms with Gasteiger partial charge in [-0.2, -0.15) is 5.10 Å². The van der Waals surface area contributed by atoms with E-state index in [1.54, 1.807) is 6.92 Å². The van der Waals surface area contributed by atoms with Crippen LogP contribution in [0.15, 0.2) is 5.10 Å². The second-order valence-corrected chi connectivity index (χ2v) is 4.08. The van der Waals surface area contributed by atoms with Gasteiger partial charge in [0.15, 0.2) is 0 Å². The minimum atomic E-state index is -0.621. The Kier molecular flexibility index (Phi) is 5.29. The van der Waals surface area contributed by atoms with Crippen LogP contribution in [0.4, 0.5) is 0 Å². The van der Waals surface area contributed by atoms with Crippen LogP contribution in [-0.4, -0.2) is 36.0 Å². The fourth-order valence-corrected chi connectivity index (χ4v) is 1.38. The average Bonchev–Trinajstić information content (AvgIpc) is 2.36. The lowest BCUT2D eigenvalue weighted by molar-refractivity contribution is -0.126. The summed E-state index contributed by atoms with van der Waals surface area (Å²) in [5.74, 6) is -0.861. The molecule has 0 radical (unpaired) electrons. The van der Waals surface area contributed by atoms with Gasteiger partial charge in [-0.25, -0.2) is 5.43 Å². The van der Waals surface area contributed by atoms with E-state index in [0.29, 0.717) is 13.0 Å². The Morgan fingerprint density at radius 3 is 2.72 bits per heavy atom. The molecule has 0 saturated heterocycles. The van der Waals surface area contributed by atoms with Gasteiger partial charge in [0.05, 0.1) is 0 Å². The van der Waals surface area contributed by atoms with Gasteiger partial charge in [0, 0.05) is 19.4 Å². The third-order valence-corrected chi connectivity index (χ3v) is 2.46. The summed E-state index contributed by atoms with van der Waals surface area (Å²) in [5.41, 5.74) is 2.48. The summed E-state index contributed by atoms with van der Waals surface area (Å²) in [6, 6.07) is -0.621. The molecular weight excluding hydrogens is 236 g/mol. The molecule has 0 spiro atoms.